The molecule has 0 unspecified atom stereocenters. The number of sulfonamides is 1. The molecule has 172 valence electrons. The zero-order valence-corrected chi connectivity index (χ0v) is 19.9. The van der Waals surface area contributed by atoms with E-state index in [2.05, 4.69) is 10.5 Å². The summed E-state index contributed by atoms with van der Waals surface area (Å²) in [6, 6.07) is 11.1. The topological polar surface area (TPSA) is 88.1 Å². The SMILES string of the molecule is COc1ccc(Cl)cc1N(CC(=O)NN=C1CCCCCC1)S(=O)(=O)c1ccc(C)cc1. The molecule has 1 aliphatic carbocycles. The summed E-state index contributed by atoms with van der Waals surface area (Å²) in [5, 5.41) is 4.58. The van der Waals surface area contributed by atoms with Crippen molar-refractivity contribution >= 4 is 38.9 Å². The Kier molecular flexibility index (Phi) is 8.15. The highest BCUT2D eigenvalue weighted by molar-refractivity contribution is 7.92. The lowest BCUT2D eigenvalue weighted by Gasteiger charge is -2.25. The molecular weight excluding hydrogens is 450 g/mol. The van der Waals surface area contributed by atoms with Gasteiger partial charge in [0.15, 0.2) is 0 Å². The van der Waals surface area contributed by atoms with Gasteiger partial charge in [0.05, 0.1) is 17.7 Å². The van der Waals surface area contributed by atoms with Crippen LogP contribution in [0.25, 0.3) is 0 Å². The molecule has 0 radical (unpaired) electrons. The molecule has 1 N–H and O–H groups in total. The molecule has 1 aliphatic rings. The van der Waals surface area contributed by atoms with Crippen molar-refractivity contribution in [2.45, 2.75) is 50.3 Å². The van der Waals surface area contributed by atoms with E-state index in [1.165, 1.54) is 25.3 Å². The third-order valence-corrected chi connectivity index (χ3v) is 7.33. The van der Waals surface area contributed by atoms with Crippen molar-refractivity contribution < 1.29 is 17.9 Å². The van der Waals surface area contributed by atoms with Crippen molar-refractivity contribution in [1.29, 1.82) is 0 Å². The maximum absolute atomic E-state index is 13.5. The first-order valence-corrected chi connectivity index (χ1v) is 12.4. The molecule has 2 aromatic carbocycles. The van der Waals surface area contributed by atoms with Crippen LogP contribution in [0.5, 0.6) is 5.75 Å². The lowest BCUT2D eigenvalue weighted by atomic mass is 10.2. The van der Waals surface area contributed by atoms with Crippen LogP contribution in [0.3, 0.4) is 0 Å². The highest BCUT2D eigenvalue weighted by atomic mass is 35.5. The van der Waals surface area contributed by atoms with Gasteiger partial charge in [-0.15, -0.1) is 0 Å². The Morgan fingerprint density at radius 3 is 2.38 bits per heavy atom. The first-order valence-electron chi connectivity index (χ1n) is 10.6. The van der Waals surface area contributed by atoms with Crippen molar-refractivity contribution in [1.82, 2.24) is 5.43 Å². The molecule has 0 bridgehead atoms. The Balaban J connectivity index is 1.94. The average molecular weight is 478 g/mol. The second-order valence-corrected chi connectivity index (χ2v) is 10.1. The van der Waals surface area contributed by atoms with E-state index in [4.69, 9.17) is 16.3 Å². The lowest BCUT2D eigenvalue weighted by molar-refractivity contribution is -0.119. The number of ether oxygens (including phenoxy) is 1. The van der Waals surface area contributed by atoms with Crippen LogP contribution in [0.15, 0.2) is 52.5 Å². The van der Waals surface area contributed by atoms with Gasteiger partial charge in [-0.2, -0.15) is 5.10 Å². The number of carbonyl (C=O) groups is 1. The quantitative estimate of drug-likeness (QED) is 0.463. The van der Waals surface area contributed by atoms with Crippen LogP contribution in [0, 0.1) is 6.92 Å². The van der Waals surface area contributed by atoms with Gasteiger partial charge in [-0.3, -0.25) is 9.10 Å². The number of benzene rings is 2. The van der Waals surface area contributed by atoms with Crippen LogP contribution in [-0.2, 0) is 14.8 Å². The highest BCUT2D eigenvalue weighted by Crippen LogP contribution is 2.34. The number of hydrogen-bond donors (Lipinski definition) is 1. The highest BCUT2D eigenvalue weighted by Gasteiger charge is 2.29. The molecule has 2 aromatic rings. The Labute approximate surface area is 194 Å². The molecule has 32 heavy (non-hydrogen) atoms. The number of methoxy groups -OCH3 is 1. The lowest BCUT2D eigenvalue weighted by Crippen LogP contribution is -2.40. The smallest absolute Gasteiger partial charge is 0.264 e. The summed E-state index contributed by atoms with van der Waals surface area (Å²) in [5.74, 6) is -0.257. The summed E-state index contributed by atoms with van der Waals surface area (Å²) in [6.07, 6.45) is 6.08. The van der Waals surface area contributed by atoms with Crippen LogP contribution < -0.4 is 14.5 Å². The predicted molar refractivity (Wildman–Crippen MR) is 127 cm³/mol. The summed E-state index contributed by atoms with van der Waals surface area (Å²) >= 11 is 6.15. The number of anilines is 1. The molecule has 0 atom stereocenters. The Morgan fingerprint density at radius 1 is 1.09 bits per heavy atom. The largest absolute Gasteiger partial charge is 0.495 e. The number of nitrogens with zero attached hydrogens (tertiary/aromatic N) is 2. The first kappa shape index (κ1) is 24.1. The molecule has 3 rings (SSSR count). The molecule has 0 saturated heterocycles. The minimum atomic E-state index is -4.08. The molecule has 0 aliphatic heterocycles. The van der Waals surface area contributed by atoms with Crippen molar-refractivity contribution in [3.63, 3.8) is 0 Å². The maximum Gasteiger partial charge on any atom is 0.264 e. The van der Waals surface area contributed by atoms with Gasteiger partial charge >= 0.3 is 0 Å². The zero-order valence-electron chi connectivity index (χ0n) is 18.3. The number of nitrogens with one attached hydrogen (secondary N) is 1. The molecule has 0 aromatic heterocycles. The fourth-order valence-electron chi connectivity index (χ4n) is 3.55. The van der Waals surface area contributed by atoms with Crippen LogP contribution in [0.2, 0.25) is 5.02 Å². The minimum absolute atomic E-state index is 0.0630. The normalized spacial score (nSPS) is 14.4. The van der Waals surface area contributed by atoms with Crippen LogP contribution in [0.4, 0.5) is 5.69 Å². The number of hydrogen-bond acceptors (Lipinski definition) is 5. The van der Waals surface area contributed by atoms with Gasteiger partial charge in [-0.1, -0.05) is 42.1 Å². The van der Waals surface area contributed by atoms with Crippen molar-refractivity contribution in [2.24, 2.45) is 5.10 Å². The summed E-state index contributed by atoms with van der Waals surface area (Å²) in [6.45, 7) is 1.40. The van der Waals surface area contributed by atoms with Crippen molar-refractivity contribution in [2.75, 3.05) is 18.0 Å². The number of aryl methyl sites for hydroxylation is 1. The number of amides is 1. The number of hydrazone groups is 1. The molecule has 1 fully saturated rings. The van der Waals surface area contributed by atoms with E-state index in [9.17, 15) is 13.2 Å². The summed E-state index contributed by atoms with van der Waals surface area (Å²) in [5.41, 5.74) is 4.57. The van der Waals surface area contributed by atoms with Gasteiger partial charge in [0.1, 0.15) is 12.3 Å². The third kappa shape index (κ3) is 6.01. The zero-order chi connectivity index (χ0) is 23.1. The van der Waals surface area contributed by atoms with Gasteiger partial charge < -0.3 is 4.74 Å². The summed E-state index contributed by atoms with van der Waals surface area (Å²) < 4.78 is 33.4. The maximum atomic E-state index is 13.5. The van der Waals surface area contributed by atoms with Crippen LogP contribution in [-0.4, -0.2) is 33.7 Å². The van der Waals surface area contributed by atoms with Crippen molar-refractivity contribution in [3.8, 4) is 5.75 Å². The fourth-order valence-corrected chi connectivity index (χ4v) is 5.14. The second-order valence-electron chi connectivity index (χ2n) is 7.77. The van der Waals surface area contributed by atoms with E-state index in [0.717, 1.165) is 54.1 Å². The van der Waals surface area contributed by atoms with E-state index < -0.39 is 22.5 Å². The molecule has 7 nitrogen and oxygen atoms in total. The molecule has 0 spiro atoms. The predicted octanol–water partition coefficient (Wildman–Crippen LogP) is 4.68. The molecule has 1 saturated carbocycles. The Morgan fingerprint density at radius 2 is 1.75 bits per heavy atom. The summed E-state index contributed by atoms with van der Waals surface area (Å²) in [7, 11) is -2.65. The van der Waals surface area contributed by atoms with Crippen LogP contribution >= 0.6 is 11.6 Å². The number of halogens is 1. The Bertz CT molecular complexity index is 1070. The fraction of sp³-hybridized carbons (Fsp3) is 0.391. The first-order chi connectivity index (χ1) is 15.3. The molecule has 0 heterocycles. The van der Waals surface area contributed by atoms with E-state index in [1.54, 1.807) is 24.3 Å². The van der Waals surface area contributed by atoms with Crippen LogP contribution in [0.1, 0.15) is 44.1 Å². The van der Waals surface area contributed by atoms with E-state index in [-0.39, 0.29) is 16.3 Å². The second kappa shape index (κ2) is 10.8. The number of rotatable bonds is 7. The molecule has 1 amide bonds. The van der Waals surface area contributed by atoms with E-state index >= 15 is 0 Å². The standard InChI is InChI=1S/C23H28ClN3O4S/c1-17-9-12-20(13-10-17)32(29,30)27(21-15-18(24)11-14-22(21)31-2)16-23(28)26-25-19-7-5-3-4-6-8-19/h9-15H,3-8,16H2,1-2H3,(H,26,28). The third-order valence-electron chi connectivity index (χ3n) is 5.33. The molecule has 9 heteroatoms. The van der Waals surface area contributed by atoms with Gasteiger partial charge in [-0.25, -0.2) is 13.8 Å². The van der Waals surface area contributed by atoms with Gasteiger partial charge in [0, 0.05) is 10.7 Å². The average Bonchev–Trinajstić information content (AvgIpc) is 3.05. The van der Waals surface area contributed by atoms with Gasteiger partial charge in [-0.05, 0) is 62.9 Å². The monoisotopic (exact) mass is 477 g/mol. The van der Waals surface area contributed by atoms with Gasteiger partial charge in [0.25, 0.3) is 15.9 Å². The molecular formula is C23H28ClN3O4S. The van der Waals surface area contributed by atoms with E-state index in [0.29, 0.717) is 5.02 Å². The summed E-state index contributed by atoms with van der Waals surface area (Å²) in [4.78, 5) is 12.8. The van der Waals surface area contributed by atoms with E-state index in [1.807, 2.05) is 6.92 Å². The minimum Gasteiger partial charge on any atom is -0.495 e. The van der Waals surface area contributed by atoms with Crippen molar-refractivity contribution in [3.05, 3.63) is 53.1 Å². The Hall–Kier alpha value is -2.58. The van der Waals surface area contributed by atoms with Gasteiger partial charge in [0.2, 0.25) is 0 Å². The number of carbonyl (C=O) groups excluding carboxylic acids is 1.